The molecule has 3 heterocycles. The summed E-state index contributed by atoms with van der Waals surface area (Å²) < 4.78 is 0. The average molecular weight is 439 g/mol. The summed E-state index contributed by atoms with van der Waals surface area (Å²) in [7, 11) is 0. The highest BCUT2D eigenvalue weighted by Crippen LogP contribution is 2.44. The van der Waals surface area contributed by atoms with E-state index in [4.69, 9.17) is 0 Å². The van der Waals surface area contributed by atoms with Crippen molar-refractivity contribution in [2.24, 2.45) is 5.92 Å². The summed E-state index contributed by atoms with van der Waals surface area (Å²) in [4.78, 5) is 58.5. The summed E-state index contributed by atoms with van der Waals surface area (Å²) in [5, 5.41) is 0. The van der Waals surface area contributed by atoms with Crippen LogP contribution in [-0.4, -0.2) is 76.7 Å². The Bertz CT molecular complexity index is 967. The van der Waals surface area contributed by atoms with E-state index in [1.807, 2.05) is 24.0 Å². The molecule has 3 fully saturated rings. The third kappa shape index (κ3) is 3.27. The van der Waals surface area contributed by atoms with Gasteiger partial charge in [0.25, 0.3) is 5.91 Å². The van der Waals surface area contributed by atoms with Crippen LogP contribution >= 0.6 is 0 Å². The maximum Gasteiger partial charge on any atom is 0.257 e. The quantitative estimate of drug-likeness (QED) is 0.719. The SMILES string of the molecule is CC12CCC(=O)N1c1ccccc1C(=O)N2CCC(=O)N1CCN(C(=O)C2CCC2)CC1. The summed E-state index contributed by atoms with van der Waals surface area (Å²) >= 11 is 0. The zero-order chi connectivity index (χ0) is 22.5. The van der Waals surface area contributed by atoms with E-state index in [1.54, 1.807) is 26.8 Å². The normalized spacial score (nSPS) is 25.5. The van der Waals surface area contributed by atoms with E-state index < -0.39 is 5.66 Å². The first-order valence-electron chi connectivity index (χ1n) is 11.7. The fraction of sp³-hybridized carbons (Fsp3) is 0.583. The number of anilines is 1. The lowest BCUT2D eigenvalue weighted by atomic mass is 9.84. The van der Waals surface area contributed by atoms with Crippen LogP contribution in [0.15, 0.2) is 24.3 Å². The van der Waals surface area contributed by atoms with Gasteiger partial charge < -0.3 is 14.7 Å². The molecule has 4 amide bonds. The Morgan fingerprint density at radius 3 is 2.41 bits per heavy atom. The van der Waals surface area contributed by atoms with Gasteiger partial charge in [-0.1, -0.05) is 18.6 Å². The highest BCUT2D eigenvalue weighted by Gasteiger charge is 2.52. The van der Waals surface area contributed by atoms with Crippen molar-refractivity contribution < 1.29 is 19.2 Å². The maximum atomic E-state index is 13.3. The predicted octanol–water partition coefficient (Wildman–Crippen LogP) is 1.85. The summed E-state index contributed by atoms with van der Waals surface area (Å²) in [5.74, 6) is 0.295. The maximum absolute atomic E-state index is 13.3. The van der Waals surface area contributed by atoms with E-state index >= 15 is 0 Å². The average Bonchev–Trinajstić information content (AvgIpc) is 3.07. The number of para-hydroxylation sites is 1. The van der Waals surface area contributed by atoms with Crippen LogP contribution in [0, 0.1) is 5.92 Å². The molecule has 1 saturated carbocycles. The molecule has 3 aliphatic heterocycles. The van der Waals surface area contributed by atoms with Crippen LogP contribution in [0.5, 0.6) is 0 Å². The molecule has 0 bridgehead atoms. The van der Waals surface area contributed by atoms with Gasteiger partial charge in [0.15, 0.2) is 0 Å². The Labute approximate surface area is 188 Å². The molecule has 2 saturated heterocycles. The molecular weight excluding hydrogens is 408 g/mol. The molecule has 8 nitrogen and oxygen atoms in total. The van der Waals surface area contributed by atoms with E-state index in [9.17, 15) is 19.2 Å². The fourth-order valence-electron chi connectivity index (χ4n) is 5.50. The van der Waals surface area contributed by atoms with Gasteiger partial charge in [0.2, 0.25) is 17.7 Å². The molecule has 170 valence electrons. The van der Waals surface area contributed by atoms with Crippen molar-refractivity contribution in [3.63, 3.8) is 0 Å². The van der Waals surface area contributed by atoms with Crippen LogP contribution in [0.3, 0.4) is 0 Å². The molecule has 1 aromatic rings. The van der Waals surface area contributed by atoms with Crippen molar-refractivity contribution in [3.8, 4) is 0 Å². The Morgan fingerprint density at radius 1 is 1.03 bits per heavy atom. The van der Waals surface area contributed by atoms with Gasteiger partial charge in [-0.15, -0.1) is 0 Å². The molecular formula is C24H30N4O4. The Hall–Kier alpha value is -2.90. The van der Waals surface area contributed by atoms with E-state index in [2.05, 4.69) is 0 Å². The van der Waals surface area contributed by atoms with Gasteiger partial charge in [-0.25, -0.2) is 0 Å². The molecule has 0 aromatic heterocycles. The van der Waals surface area contributed by atoms with E-state index in [0.717, 1.165) is 19.3 Å². The third-order valence-electron chi connectivity index (χ3n) is 7.69. The predicted molar refractivity (Wildman–Crippen MR) is 118 cm³/mol. The van der Waals surface area contributed by atoms with E-state index in [-0.39, 0.29) is 42.5 Å². The first-order chi connectivity index (χ1) is 15.4. The van der Waals surface area contributed by atoms with Crippen LogP contribution in [0.4, 0.5) is 5.69 Å². The van der Waals surface area contributed by atoms with Gasteiger partial charge in [-0.2, -0.15) is 0 Å². The minimum Gasteiger partial charge on any atom is -0.339 e. The van der Waals surface area contributed by atoms with Gasteiger partial charge in [0, 0.05) is 51.5 Å². The monoisotopic (exact) mass is 438 g/mol. The number of amides is 4. The highest BCUT2D eigenvalue weighted by molar-refractivity contribution is 6.10. The number of nitrogens with zero attached hydrogens (tertiary/aromatic N) is 4. The van der Waals surface area contributed by atoms with Gasteiger partial charge >= 0.3 is 0 Å². The lowest BCUT2D eigenvalue weighted by molar-refractivity contribution is -0.144. The van der Waals surface area contributed by atoms with Gasteiger partial charge in [0.05, 0.1) is 11.3 Å². The molecule has 1 unspecified atom stereocenters. The summed E-state index contributed by atoms with van der Waals surface area (Å²) in [6.45, 7) is 4.43. The second-order valence-corrected chi connectivity index (χ2v) is 9.50. The topological polar surface area (TPSA) is 81.2 Å². The second-order valence-electron chi connectivity index (χ2n) is 9.50. The van der Waals surface area contributed by atoms with Crippen molar-refractivity contribution >= 4 is 29.3 Å². The number of hydrogen-bond donors (Lipinski definition) is 0. The van der Waals surface area contributed by atoms with Gasteiger partial charge in [-0.3, -0.25) is 24.1 Å². The zero-order valence-corrected chi connectivity index (χ0v) is 18.6. The Morgan fingerprint density at radius 2 is 1.72 bits per heavy atom. The lowest BCUT2D eigenvalue weighted by Gasteiger charge is -2.48. The van der Waals surface area contributed by atoms with Crippen molar-refractivity contribution in [1.82, 2.24) is 14.7 Å². The summed E-state index contributed by atoms with van der Waals surface area (Å²) in [5.41, 5.74) is 0.435. The first-order valence-corrected chi connectivity index (χ1v) is 11.7. The highest BCUT2D eigenvalue weighted by atomic mass is 16.2. The van der Waals surface area contributed by atoms with Gasteiger partial charge in [0.1, 0.15) is 5.66 Å². The molecule has 1 aliphatic carbocycles. The summed E-state index contributed by atoms with van der Waals surface area (Å²) in [6.07, 6.45) is 4.27. The smallest absolute Gasteiger partial charge is 0.257 e. The molecule has 32 heavy (non-hydrogen) atoms. The number of benzene rings is 1. The fourth-order valence-corrected chi connectivity index (χ4v) is 5.50. The number of carbonyl (C=O) groups excluding carboxylic acids is 4. The number of piperazine rings is 1. The number of fused-ring (bicyclic) bond motifs is 3. The number of carbonyl (C=O) groups is 4. The van der Waals surface area contributed by atoms with Crippen molar-refractivity contribution in [1.29, 1.82) is 0 Å². The molecule has 8 heteroatoms. The second kappa shape index (κ2) is 7.90. The summed E-state index contributed by atoms with van der Waals surface area (Å²) in [6, 6.07) is 7.21. The largest absolute Gasteiger partial charge is 0.339 e. The minimum atomic E-state index is -0.739. The number of rotatable bonds is 4. The van der Waals surface area contributed by atoms with Crippen LogP contribution in [0.2, 0.25) is 0 Å². The molecule has 1 aromatic carbocycles. The van der Waals surface area contributed by atoms with Crippen LogP contribution in [-0.2, 0) is 14.4 Å². The molecule has 0 radical (unpaired) electrons. The van der Waals surface area contributed by atoms with E-state index in [0.29, 0.717) is 50.3 Å². The standard InChI is InChI=1S/C24H30N4O4/c1-24-11-9-21(30)28(24)19-8-3-2-7-18(19)23(32)27(24)12-10-20(29)25-13-15-26(16-14-25)22(31)17-5-4-6-17/h2-3,7-8,17H,4-6,9-16H2,1H3. The van der Waals surface area contributed by atoms with Crippen LogP contribution in [0.25, 0.3) is 0 Å². The number of hydrogen-bond acceptors (Lipinski definition) is 4. The van der Waals surface area contributed by atoms with Gasteiger partial charge in [-0.05, 0) is 38.3 Å². The third-order valence-corrected chi connectivity index (χ3v) is 7.69. The first kappa shape index (κ1) is 21.0. The van der Waals surface area contributed by atoms with Crippen molar-refractivity contribution in [3.05, 3.63) is 29.8 Å². The Balaban J connectivity index is 1.24. The van der Waals surface area contributed by atoms with Crippen LogP contribution in [0.1, 0.15) is 55.8 Å². The zero-order valence-electron chi connectivity index (χ0n) is 18.6. The lowest BCUT2D eigenvalue weighted by Crippen LogP contribution is -2.62. The molecule has 5 rings (SSSR count). The minimum absolute atomic E-state index is 0.00752. The van der Waals surface area contributed by atoms with Crippen molar-refractivity contribution in [2.45, 2.75) is 51.1 Å². The Kier molecular flexibility index (Phi) is 5.18. The molecule has 0 spiro atoms. The molecule has 0 N–H and O–H groups in total. The van der Waals surface area contributed by atoms with Crippen LogP contribution < -0.4 is 4.90 Å². The molecule has 4 aliphatic rings. The van der Waals surface area contributed by atoms with E-state index in [1.165, 1.54) is 0 Å². The molecule has 1 atom stereocenters. The van der Waals surface area contributed by atoms with Crippen molar-refractivity contribution in [2.75, 3.05) is 37.6 Å².